The molecule has 0 aromatic heterocycles. The number of carbonyl (C=O) groups is 1. The Labute approximate surface area is 171 Å². The number of fused-ring (bicyclic) bond motifs is 1. The molecule has 0 amide bonds. The van der Waals surface area contributed by atoms with E-state index in [1.807, 2.05) is 43.3 Å². The number of carboxylic acids is 1. The zero-order chi connectivity index (χ0) is 21.2. The first-order chi connectivity index (χ1) is 13.7. The van der Waals surface area contributed by atoms with E-state index in [2.05, 4.69) is 18.7 Å². The number of halogens is 1. The van der Waals surface area contributed by atoms with Gasteiger partial charge in [-0.05, 0) is 66.6 Å². The molecule has 0 saturated heterocycles. The smallest absolute Gasteiger partial charge is 0.328 e. The molecule has 0 fully saturated rings. The van der Waals surface area contributed by atoms with Crippen LogP contribution in [0.5, 0.6) is 5.75 Å². The Kier molecular flexibility index (Phi) is 6.08. The van der Waals surface area contributed by atoms with Crippen LogP contribution in [0.4, 0.5) is 4.39 Å². The summed E-state index contributed by atoms with van der Waals surface area (Å²) in [7, 11) is 0. The first kappa shape index (κ1) is 21.1. The number of alkyl halides is 1. The van der Waals surface area contributed by atoms with E-state index in [0.717, 1.165) is 34.8 Å². The lowest BCUT2D eigenvalue weighted by Gasteiger charge is -2.49. The third-order valence-electron chi connectivity index (χ3n) is 5.58. The summed E-state index contributed by atoms with van der Waals surface area (Å²) in [4.78, 5) is 13.1. The summed E-state index contributed by atoms with van der Waals surface area (Å²) in [6.07, 6.45) is 3.45. The second kappa shape index (κ2) is 8.37. The zero-order valence-electron chi connectivity index (χ0n) is 17.1. The predicted molar refractivity (Wildman–Crippen MR) is 113 cm³/mol. The molecular weight excluding hydrogens is 369 g/mol. The quantitative estimate of drug-likeness (QED) is 0.686. The molecule has 0 bridgehead atoms. The number of nitrogens with zero attached hydrogens (tertiary/aromatic N) is 1. The fourth-order valence-electron chi connectivity index (χ4n) is 4.15. The van der Waals surface area contributed by atoms with Crippen LogP contribution in [-0.4, -0.2) is 39.8 Å². The largest absolute Gasteiger partial charge is 0.508 e. The topological polar surface area (TPSA) is 60.8 Å². The second-order valence-corrected chi connectivity index (χ2v) is 8.52. The Bertz CT molecular complexity index is 905. The fraction of sp³-hybridized carbons (Fsp3) is 0.375. The summed E-state index contributed by atoms with van der Waals surface area (Å²) >= 11 is 0. The van der Waals surface area contributed by atoms with Crippen molar-refractivity contribution < 1.29 is 19.4 Å². The maximum atomic E-state index is 13.4. The number of benzene rings is 2. The molecule has 0 saturated carbocycles. The summed E-state index contributed by atoms with van der Waals surface area (Å²) in [5.74, 6) is -0.825. The fourth-order valence-corrected chi connectivity index (χ4v) is 4.15. The van der Waals surface area contributed by atoms with E-state index in [4.69, 9.17) is 5.11 Å². The molecule has 0 unspecified atom stereocenters. The van der Waals surface area contributed by atoms with Crippen molar-refractivity contribution in [3.05, 3.63) is 70.8 Å². The highest BCUT2D eigenvalue weighted by molar-refractivity contribution is 5.85. The maximum Gasteiger partial charge on any atom is 0.328 e. The molecule has 0 aliphatic carbocycles. The van der Waals surface area contributed by atoms with Crippen molar-refractivity contribution in [3.63, 3.8) is 0 Å². The molecule has 0 spiro atoms. The lowest BCUT2D eigenvalue weighted by atomic mass is 9.78. The molecule has 4 nitrogen and oxygen atoms in total. The SMILES string of the molecule is C[C@H](CF)CN1[C@H](c2ccc(/C=C/C(=O)O)cc2)c2ccc(O)cc2CC1(C)C. The normalized spacial score (nSPS) is 19.8. The minimum atomic E-state index is -0.983. The third-order valence-corrected chi connectivity index (χ3v) is 5.58. The van der Waals surface area contributed by atoms with E-state index in [9.17, 15) is 14.3 Å². The lowest BCUT2D eigenvalue weighted by Crippen LogP contribution is -2.53. The number of aliphatic carboxylic acids is 1. The molecule has 2 aromatic carbocycles. The van der Waals surface area contributed by atoms with E-state index >= 15 is 0 Å². The van der Waals surface area contributed by atoms with Gasteiger partial charge in [0.25, 0.3) is 0 Å². The van der Waals surface area contributed by atoms with Crippen LogP contribution in [0.2, 0.25) is 0 Å². The minimum Gasteiger partial charge on any atom is -0.508 e. The van der Waals surface area contributed by atoms with Crippen LogP contribution >= 0.6 is 0 Å². The van der Waals surface area contributed by atoms with Crippen molar-refractivity contribution >= 4 is 12.0 Å². The van der Waals surface area contributed by atoms with Crippen LogP contribution in [0.25, 0.3) is 6.08 Å². The van der Waals surface area contributed by atoms with E-state index in [1.54, 1.807) is 12.1 Å². The van der Waals surface area contributed by atoms with Gasteiger partial charge in [-0.2, -0.15) is 0 Å². The average Bonchev–Trinajstić information content (AvgIpc) is 2.67. The van der Waals surface area contributed by atoms with E-state index in [-0.39, 0.29) is 29.9 Å². The Morgan fingerprint density at radius 2 is 1.97 bits per heavy atom. The summed E-state index contributed by atoms with van der Waals surface area (Å²) in [5.41, 5.74) is 3.86. The van der Waals surface area contributed by atoms with Crippen LogP contribution in [0.3, 0.4) is 0 Å². The molecule has 0 radical (unpaired) electrons. The molecule has 1 aliphatic heterocycles. The summed E-state index contributed by atoms with van der Waals surface area (Å²) in [6, 6.07) is 13.2. The molecule has 5 heteroatoms. The van der Waals surface area contributed by atoms with E-state index < -0.39 is 5.97 Å². The van der Waals surface area contributed by atoms with Gasteiger partial charge in [-0.25, -0.2) is 4.79 Å². The monoisotopic (exact) mass is 397 g/mol. The molecule has 1 aliphatic rings. The Hall–Kier alpha value is -2.66. The van der Waals surface area contributed by atoms with Crippen LogP contribution in [0.15, 0.2) is 48.5 Å². The Morgan fingerprint density at radius 1 is 1.28 bits per heavy atom. The van der Waals surface area contributed by atoms with Crippen molar-refractivity contribution in [2.45, 2.75) is 38.8 Å². The number of phenols is 1. The first-order valence-corrected chi connectivity index (χ1v) is 9.87. The van der Waals surface area contributed by atoms with Gasteiger partial charge >= 0.3 is 5.97 Å². The van der Waals surface area contributed by atoms with Gasteiger partial charge in [0.1, 0.15) is 5.75 Å². The highest BCUT2D eigenvalue weighted by Gasteiger charge is 2.40. The van der Waals surface area contributed by atoms with Gasteiger partial charge in [0, 0.05) is 18.2 Å². The van der Waals surface area contributed by atoms with Gasteiger partial charge in [-0.15, -0.1) is 0 Å². The molecule has 2 N–H and O–H groups in total. The van der Waals surface area contributed by atoms with Gasteiger partial charge in [-0.3, -0.25) is 9.29 Å². The molecule has 1 heterocycles. The average molecular weight is 397 g/mol. The predicted octanol–water partition coefficient (Wildman–Crippen LogP) is 4.82. The van der Waals surface area contributed by atoms with E-state index in [0.29, 0.717) is 6.54 Å². The molecule has 29 heavy (non-hydrogen) atoms. The first-order valence-electron chi connectivity index (χ1n) is 9.87. The van der Waals surface area contributed by atoms with Crippen LogP contribution in [0.1, 0.15) is 49.1 Å². The standard InChI is InChI=1S/C24H28FNO3/c1-16(14-25)15-26-23(18-7-4-17(5-8-18)6-11-22(28)29)21-10-9-20(27)12-19(21)13-24(26,2)3/h4-12,16,23,27H,13-15H2,1-3H3,(H,28,29)/b11-6+/t16-,23-/m1/s1. The molecule has 3 rings (SSSR count). The van der Waals surface area contributed by atoms with Crippen LogP contribution < -0.4 is 0 Å². The van der Waals surface area contributed by atoms with Crippen LogP contribution in [0, 0.1) is 5.92 Å². The van der Waals surface area contributed by atoms with Gasteiger partial charge in [-0.1, -0.05) is 37.3 Å². The number of carboxylic acid groups (broad SMARTS) is 1. The number of hydrogen-bond acceptors (Lipinski definition) is 3. The maximum absolute atomic E-state index is 13.4. The number of rotatable bonds is 6. The van der Waals surface area contributed by atoms with Gasteiger partial charge < -0.3 is 10.2 Å². The number of aromatic hydroxyl groups is 1. The molecule has 2 atom stereocenters. The zero-order valence-corrected chi connectivity index (χ0v) is 17.1. The highest BCUT2D eigenvalue weighted by Crippen LogP contribution is 2.43. The number of hydrogen-bond donors (Lipinski definition) is 2. The second-order valence-electron chi connectivity index (χ2n) is 8.52. The Morgan fingerprint density at radius 3 is 2.59 bits per heavy atom. The Balaban J connectivity index is 2.06. The van der Waals surface area contributed by atoms with Crippen molar-refractivity contribution in [1.82, 2.24) is 4.90 Å². The summed E-state index contributed by atoms with van der Waals surface area (Å²) in [6.45, 7) is 6.47. The van der Waals surface area contributed by atoms with Crippen molar-refractivity contribution in [3.8, 4) is 5.75 Å². The third kappa shape index (κ3) is 4.67. The van der Waals surface area contributed by atoms with Gasteiger partial charge in [0.2, 0.25) is 0 Å². The van der Waals surface area contributed by atoms with Crippen LogP contribution in [-0.2, 0) is 11.2 Å². The van der Waals surface area contributed by atoms with Crippen molar-refractivity contribution in [1.29, 1.82) is 0 Å². The lowest BCUT2D eigenvalue weighted by molar-refractivity contribution is -0.131. The molecule has 2 aromatic rings. The van der Waals surface area contributed by atoms with Crippen molar-refractivity contribution in [2.75, 3.05) is 13.2 Å². The van der Waals surface area contributed by atoms with Gasteiger partial charge in [0.15, 0.2) is 0 Å². The van der Waals surface area contributed by atoms with Crippen molar-refractivity contribution in [2.24, 2.45) is 5.92 Å². The minimum absolute atomic E-state index is 0.0687. The summed E-state index contributed by atoms with van der Waals surface area (Å²) < 4.78 is 13.4. The molecular formula is C24H28FNO3. The highest BCUT2D eigenvalue weighted by atomic mass is 19.1. The number of phenolic OH excluding ortho intramolecular Hbond substituents is 1. The molecule has 154 valence electrons. The summed E-state index contributed by atoms with van der Waals surface area (Å²) in [5, 5.41) is 18.8. The van der Waals surface area contributed by atoms with Gasteiger partial charge in [0.05, 0.1) is 12.7 Å². The van der Waals surface area contributed by atoms with E-state index in [1.165, 1.54) is 0 Å².